The summed E-state index contributed by atoms with van der Waals surface area (Å²) in [5.41, 5.74) is 1.32. The van der Waals surface area contributed by atoms with Crippen LogP contribution >= 0.6 is 0 Å². The third-order valence-corrected chi connectivity index (χ3v) is 0.940. The van der Waals surface area contributed by atoms with Crippen LogP contribution in [-0.4, -0.2) is 0 Å². The Balaban J connectivity index is 0. The maximum atomic E-state index is 2.08. The van der Waals surface area contributed by atoms with Crippen LogP contribution in [0.15, 0.2) is 30.3 Å². The molecule has 0 heteroatoms. The Morgan fingerprint density at radius 2 is 1.09 bits per heavy atom. The summed E-state index contributed by atoms with van der Waals surface area (Å²) >= 11 is 0. The Morgan fingerprint density at radius 1 is 0.727 bits per heavy atom. The molecule has 0 amide bonds. The molecule has 0 aliphatic heterocycles. The predicted molar refractivity (Wildman–Crippen MR) is 53.9 cm³/mol. The van der Waals surface area contributed by atoms with Gasteiger partial charge in [-0.3, -0.25) is 0 Å². The summed E-state index contributed by atoms with van der Waals surface area (Å²) in [6.45, 7) is 10.1. The number of hydrogen-bond donors (Lipinski definition) is 0. The zero-order valence-electron chi connectivity index (χ0n) is 8.39. The highest BCUT2D eigenvalue weighted by Crippen LogP contribution is 1.92. The van der Waals surface area contributed by atoms with E-state index in [1.54, 1.807) is 0 Å². The molecule has 0 N–H and O–H groups in total. The Labute approximate surface area is 71.3 Å². The Kier molecular flexibility index (Phi) is 14.0. The van der Waals surface area contributed by atoms with Gasteiger partial charge in [-0.05, 0) is 6.92 Å². The zero-order valence-corrected chi connectivity index (χ0v) is 8.39. The fourth-order valence-electron chi connectivity index (χ4n) is 0.534. The first-order valence-electron chi connectivity index (χ1n) is 4.41. The standard InChI is InChI=1S/C7H8.2C2H6/c1-7-5-3-2-4-6-7;2*1-2/h2-6H,1H3;2*1-2H3. The molecule has 0 aliphatic carbocycles. The summed E-state index contributed by atoms with van der Waals surface area (Å²) in [5, 5.41) is 0. The molecular weight excluding hydrogens is 132 g/mol. The Morgan fingerprint density at radius 3 is 1.27 bits per heavy atom. The topological polar surface area (TPSA) is 0 Å². The maximum Gasteiger partial charge on any atom is -0.0398 e. The van der Waals surface area contributed by atoms with Crippen molar-refractivity contribution in [3.05, 3.63) is 35.9 Å². The van der Waals surface area contributed by atoms with Gasteiger partial charge in [-0.1, -0.05) is 63.6 Å². The molecule has 0 fully saturated rings. The molecule has 0 saturated carbocycles. The molecule has 1 aromatic rings. The molecular formula is C11H20. The lowest BCUT2D eigenvalue weighted by atomic mass is 10.2. The molecule has 0 atom stereocenters. The molecule has 64 valence electrons. The van der Waals surface area contributed by atoms with Crippen molar-refractivity contribution in [3.63, 3.8) is 0 Å². The van der Waals surface area contributed by atoms with Crippen LogP contribution < -0.4 is 0 Å². The van der Waals surface area contributed by atoms with E-state index in [9.17, 15) is 0 Å². The smallest absolute Gasteiger partial charge is 0.0398 e. The van der Waals surface area contributed by atoms with Crippen molar-refractivity contribution in [2.45, 2.75) is 34.6 Å². The lowest BCUT2D eigenvalue weighted by Gasteiger charge is -1.82. The van der Waals surface area contributed by atoms with Crippen molar-refractivity contribution >= 4 is 0 Å². The van der Waals surface area contributed by atoms with Crippen LogP contribution in [0.3, 0.4) is 0 Å². The Bertz CT molecular complexity index is 130. The van der Waals surface area contributed by atoms with E-state index in [1.165, 1.54) is 5.56 Å². The summed E-state index contributed by atoms with van der Waals surface area (Å²) in [6, 6.07) is 10.3. The van der Waals surface area contributed by atoms with Crippen LogP contribution in [0.2, 0.25) is 0 Å². The van der Waals surface area contributed by atoms with Gasteiger partial charge in [0.25, 0.3) is 0 Å². The molecule has 0 unspecified atom stereocenters. The van der Waals surface area contributed by atoms with Crippen molar-refractivity contribution in [3.8, 4) is 0 Å². The number of benzene rings is 1. The first kappa shape index (κ1) is 12.9. The summed E-state index contributed by atoms with van der Waals surface area (Å²) < 4.78 is 0. The minimum atomic E-state index is 1.32. The largest absolute Gasteiger partial charge is 0.0683 e. The fraction of sp³-hybridized carbons (Fsp3) is 0.455. The molecule has 0 bridgehead atoms. The second kappa shape index (κ2) is 12.0. The SMILES string of the molecule is CC.CC.Cc1ccccc1. The third-order valence-electron chi connectivity index (χ3n) is 0.940. The molecule has 0 aromatic heterocycles. The summed E-state index contributed by atoms with van der Waals surface area (Å²) in [4.78, 5) is 0. The van der Waals surface area contributed by atoms with Gasteiger partial charge in [-0.25, -0.2) is 0 Å². The van der Waals surface area contributed by atoms with Gasteiger partial charge >= 0.3 is 0 Å². The predicted octanol–water partition coefficient (Wildman–Crippen LogP) is 4.05. The fourth-order valence-corrected chi connectivity index (χ4v) is 0.534. The second-order valence-electron chi connectivity index (χ2n) is 1.65. The van der Waals surface area contributed by atoms with Crippen molar-refractivity contribution in [1.82, 2.24) is 0 Å². The second-order valence-corrected chi connectivity index (χ2v) is 1.65. The van der Waals surface area contributed by atoms with Crippen molar-refractivity contribution in [2.24, 2.45) is 0 Å². The van der Waals surface area contributed by atoms with Crippen molar-refractivity contribution < 1.29 is 0 Å². The highest BCUT2D eigenvalue weighted by molar-refractivity contribution is 5.11. The van der Waals surface area contributed by atoms with E-state index >= 15 is 0 Å². The molecule has 0 spiro atoms. The first-order chi connectivity index (χ1) is 5.39. The van der Waals surface area contributed by atoms with Crippen LogP contribution in [-0.2, 0) is 0 Å². The number of hydrogen-bond acceptors (Lipinski definition) is 0. The molecule has 0 heterocycles. The van der Waals surface area contributed by atoms with Gasteiger partial charge in [0, 0.05) is 0 Å². The van der Waals surface area contributed by atoms with Crippen molar-refractivity contribution in [2.75, 3.05) is 0 Å². The maximum absolute atomic E-state index is 2.08. The molecule has 0 radical (unpaired) electrons. The molecule has 0 nitrogen and oxygen atoms in total. The zero-order chi connectivity index (χ0) is 9.11. The average molecular weight is 152 g/mol. The minimum Gasteiger partial charge on any atom is -0.0683 e. The third kappa shape index (κ3) is 9.22. The normalized spacial score (nSPS) is 6.64. The number of aryl methyl sites for hydroxylation is 1. The van der Waals surface area contributed by atoms with E-state index in [1.807, 2.05) is 45.9 Å². The molecule has 1 rings (SSSR count). The van der Waals surface area contributed by atoms with E-state index in [4.69, 9.17) is 0 Å². The first-order valence-corrected chi connectivity index (χ1v) is 4.41. The van der Waals surface area contributed by atoms with Gasteiger partial charge in [-0.15, -0.1) is 0 Å². The van der Waals surface area contributed by atoms with Crippen LogP contribution in [0.25, 0.3) is 0 Å². The highest BCUT2D eigenvalue weighted by Gasteiger charge is 1.72. The minimum absolute atomic E-state index is 1.32. The van der Waals surface area contributed by atoms with Crippen molar-refractivity contribution in [1.29, 1.82) is 0 Å². The van der Waals surface area contributed by atoms with Gasteiger partial charge in [-0.2, -0.15) is 0 Å². The molecule has 0 aliphatic rings. The summed E-state index contributed by atoms with van der Waals surface area (Å²) in [6.07, 6.45) is 0. The lowest BCUT2D eigenvalue weighted by molar-refractivity contribution is 1.48. The van der Waals surface area contributed by atoms with Gasteiger partial charge in [0.1, 0.15) is 0 Å². The van der Waals surface area contributed by atoms with Crippen LogP contribution in [0, 0.1) is 6.92 Å². The Hall–Kier alpha value is -0.780. The van der Waals surface area contributed by atoms with Crippen LogP contribution in [0.1, 0.15) is 33.3 Å². The quantitative estimate of drug-likeness (QED) is 0.526. The van der Waals surface area contributed by atoms with E-state index in [0.717, 1.165) is 0 Å². The molecule has 11 heavy (non-hydrogen) atoms. The van der Waals surface area contributed by atoms with Gasteiger partial charge in [0.05, 0.1) is 0 Å². The number of rotatable bonds is 0. The van der Waals surface area contributed by atoms with E-state index in [2.05, 4.69) is 19.1 Å². The monoisotopic (exact) mass is 152 g/mol. The summed E-state index contributed by atoms with van der Waals surface area (Å²) in [5.74, 6) is 0. The molecule has 1 aromatic carbocycles. The van der Waals surface area contributed by atoms with Crippen LogP contribution in [0.5, 0.6) is 0 Å². The lowest BCUT2D eigenvalue weighted by Crippen LogP contribution is -1.62. The van der Waals surface area contributed by atoms with E-state index < -0.39 is 0 Å². The van der Waals surface area contributed by atoms with Crippen LogP contribution in [0.4, 0.5) is 0 Å². The van der Waals surface area contributed by atoms with E-state index in [-0.39, 0.29) is 0 Å². The molecule has 0 saturated heterocycles. The highest BCUT2D eigenvalue weighted by atomic mass is 13.8. The van der Waals surface area contributed by atoms with E-state index in [0.29, 0.717) is 0 Å². The van der Waals surface area contributed by atoms with Gasteiger partial charge < -0.3 is 0 Å². The summed E-state index contributed by atoms with van der Waals surface area (Å²) in [7, 11) is 0. The van der Waals surface area contributed by atoms with Gasteiger partial charge in [0.15, 0.2) is 0 Å². The van der Waals surface area contributed by atoms with Gasteiger partial charge in [0.2, 0.25) is 0 Å². The average Bonchev–Trinajstić information content (AvgIpc) is 2.13.